The van der Waals surface area contributed by atoms with Crippen LogP contribution in [0.2, 0.25) is 0 Å². The van der Waals surface area contributed by atoms with Crippen LogP contribution in [0.5, 0.6) is 0 Å². The quantitative estimate of drug-likeness (QED) is 0.673. The number of hydrogen-bond donors (Lipinski definition) is 1. The highest BCUT2D eigenvalue weighted by Crippen LogP contribution is 2.04. The van der Waals surface area contributed by atoms with Crippen molar-refractivity contribution < 1.29 is 4.79 Å². The third kappa shape index (κ3) is 5.78. The first-order valence-electron chi connectivity index (χ1n) is 6.21. The molecule has 15 heavy (non-hydrogen) atoms. The molecule has 1 atom stereocenters. The molecule has 0 radical (unpaired) electrons. The summed E-state index contributed by atoms with van der Waals surface area (Å²) in [7, 11) is 0. The van der Waals surface area contributed by atoms with Crippen LogP contribution in [0.3, 0.4) is 0 Å². The summed E-state index contributed by atoms with van der Waals surface area (Å²) in [5.41, 5.74) is 5.87. The second-order valence-electron chi connectivity index (χ2n) is 4.07. The Hall–Kier alpha value is -0.570. The highest BCUT2D eigenvalue weighted by molar-refractivity contribution is 5.81. The molecule has 3 nitrogen and oxygen atoms in total. The van der Waals surface area contributed by atoms with Crippen LogP contribution in [-0.2, 0) is 4.79 Å². The largest absolute Gasteiger partial charge is 0.341 e. The van der Waals surface area contributed by atoms with Gasteiger partial charge in [0, 0.05) is 13.1 Å². The van der Waals surface area contributed by atoms with Gasteiger partial charge in [-0.2, -0.15) is 0 Å². The summed E-state index contributed by atoms with van der Waals surface area (Å²) in [5, 5.41) is 0. The third-order valence-electron chi connectivity index (χ3n) is 2.48. The minimum Gasteiger partial charge on any atom is -0.341 e. The average Bonchev–Trinajstić information content (AvgIpc) is 2.24. The Morgan fingerprint density at radius 3 is 2.07 bits per heavy atom. The SMILES string of the molecule is CCCCC(N)C(=O)N(CCC)CCC. The van der Waals surface area contributed by atoms with Crippen molar-refractivity contribution in [2.24, 2.45) is 5.73 Å². The standard InChI is InChI=1S/C12H26N2O/c1-4-7-8-11(13)12(15)14(9-5-2)10-6-3/h11H,4-10,13H2,1-3H3. The van der Waals surface area contributed by atoms with Crippen molar-refractivity contribution in [3.8, 4) is 0 Å². The van der Waals surface area contributed by atoms with E-state index >= 15 is 0 Å². The van der Waals surface area contributed by atoms with Crippen LogP contribution in [0.4, 0.5) is 0 Å². The fourth-order valence-corrected chi connectivity index (χ4v) is 1.65. The van der Waals surface area contributed by atoms with Gasteiger partial charge in [0.15, 0.2) is 0 Å². The van der Waals surface area contributed by atoms with E-state index in [1.54, 1.807) is 0 Å². The van der Waals surface area contributed by atoms with Crippen LogP contribution in [0, 0.1) is 0 Å². The van der Waals surface area contributed by atoms with Crippen LogP contribution in [-0.4, -0.2) is 29.9 Å². The lowest BCUT2D eigenvalue weighted by Crippen LogP contribution is -2.44. The van der Waals surface area contributed by atoms with E-state index in [4.69, 9.17) is 5.73 Å². The molecule has 3 heteroatoms. The van der Waals surface area contributed by atoms with Gasteiger partial charge >= 0.3 is 0 Å². The second-order valence-corrected chi connectivity index (χ2v) is 4.07. The van der Waals surface area contributed by atoms with E-state index in [9.17, 15) is 4.79 Å². The predicted octanol–water partition coefficient (Wildman–Crippen LogP) is 2.15. The van der Waals surface area contributed by atoms with Gasteiger partial charge in [-0.1, -0.05) is 33.6 Å². The molecule has 1 amide bonds. The van der Waals surface area contributed by atoms with Crippen LogP contribution < -0.4 is 5.73 Å². The molecule has 90 valence electrons. The molecular weight excluding hydrogens is 188 g/mol. The molecule has 0 aliphatic heterocycles. The smallest absolute Gasteiger partial charge is 0.239 e. The Labute approximate surface area is 94.0 Å². The number of carbonyl (C=O) groups excluding carboxylic acids is 1. The van der Waals surface area contributed by atoms with Gasteiger partial charge in [0.1, 0.15) is 0 Å². The summed E-state index contributed by atoms with van der Waals surface area (Å²) in [6, 6.07) is -0.289. The summed E-state index contributed by atoms with van der Waals surface area (Å²) in [4.78, 5) is 13.8. The van der Waals surface area contributed by atoms with Crippen molar-refractivity contribution in [3.05, 3.63) is 0 Å². The fraction of sp³-hybridized carbons (Fsp3) is 0.917. The van der Waals surface area contributed by atoms with E-state index in [2.05, 4.69) is 20.8 Å². The summed E-state index contributed by atoms with van der Waals surface area (Å²) in [6.07, 6.45) is 4.97. The van der Waals surface area contributed by atoms with Gasteiger partial charge < -0.3 is 10.6 Å². The number of unbranched alkanes of at least 4 members (excludes halogenated alkanes) is 1. The predicted molar refractivity (Wildman–Crippen MR) is 64.7 cm³/mol. The third-order valence-corrected chi connectivity index (χ3v) is 2.48. The Morgan fingerprint density at radius 2 is 1.67 bits per heavy atom. The van der Waals surface area contributed by atoms with Crippen molar-refractivity contribution in [1.82, 2.24) is 4.90 Å². The topological polar surface area (TPSA) is 46.3 Å². The van der Waals surface area contributed by atoms with Crippen LogP contribution in [0.15, 0.2) is 0 Å². The molecule has 0 saturated carbocycles. The van der Waals surface area contributed by atoms with Gasteiger partial charge in [-0.25, -0.2) is 0 Å². The lowest BCUT2D eigenvalue weighted by Gasteiger charge is -2.24. The van der Waals surface area contributed by atoms with Gasteiger partial charge in [-0.05, 0) is 19.3 Å². The number of rotatable bonds is 8. The van der Waals surface area contributed by atoms with E-state index in [1.165, 1.54) is 0 Å². The van der Waals surface area contributed by atoms with Crippen LogP contribution >= 0.6 is 0 Å². The molecule has 0 aliphatic carbocycles. The van der Waals surface area contributed by atoms with E-state index in [1.807, 2.05) is 4.90 Å². The molecule has 2 N–H and O–H groups in total. The van der Waals surface area contributed by atoms with Gasteiger partial charge in [-0.3, -0.25) is 4.79 Å². The minimum absolute atomic E-state index is 0.132. The summed E-state index contributed by atoms with van der Waals surface area (Å²) in [6.45, 7) is 7.98. The van der Waals surface area contributed by atoms with Crippen molar-refractivity contribution in [2.45, 2.75) is 58.9 Å². The van der Waals surface area contributed by atoms with E-state index < -0.39 is 0 Å². The monoisotopic (exact) mass is 214 g/mol. The number of hydrogen-bond acceptors (Lipinski definition) is 2. The Bertz CT molecular complexity index is 165. The van der Waals surface area contributed by atoms with Crippen LogP contribution in [0.1, 0.15) is 52.9 Å². The first kappa shape index (κ1) is 14.4. The highest BCUT2D eigenvalue weighted by Gasteiger charge is 2.18. The van der Waals surface area contributed by atoms with Gasteiger partial charge in [0.2, 0.25) is 5.91 Å². The Morgan fingerprint density at radius 1 is 1.13 bits per heavy atom. The first-order chi connectivity index (χ1) is 7.17. The van der Waals surface area contributed by atoms with Gasteiger partial charge in [0.05, 0.1) is 6.04 Å². The molecule has 1 unspecified atom stereocenters. The molecule has 0 aromatic rings. The maximum atomic E-state index is 11.9. The van der Waals surface area contributed by atoms with E-state index in [0.717, 1.165) is 45.2 Å². The molecule has 0 saturated heterocycles. The maximum absolute atomic E-state index is 11.9. The molecule has 0 bridgehead atoms. The molecular formula is C12H26N2O. The molecule has 0 heterocycles. The zero-order valence-electron chi connectivity index (χ0n) is 10.5. The lowest BCUT2D eigenvalue weighted by atomic mass is 10.1. The fourth-order valence-electron chi connectivity index (χ4n) is 1.65. The summed E-state index contributed by atoms with van der Waals surface area (Å²) >= 11 is 0. The highest BCUT2D eigenvalue weighted by atomic mass is 16.2. The zero-order chi connectivity index (χ0) is 11.7. The number of nitrogens with two attached hydrogens (primary N) is 1. The van der Waals surface area contributed by atoms with Gasteiger partial charge in [0.25, 0.3) is 0 Å². The first-order valence-corrected chi connectivity index (χ1v) is 6.21. The van der Waals surface area contributed by atoms with Crippen molar-refractivity contribution >= 4 is 5.91 Å². The molecule has 0 aromatic heterocycles. The lowest BCUT2D eigenvalue weighted by molar-refractivity contribution is -0.132. The zero-order valence-corrected chi connectivity index (χ0v) is 10.5. The molecule has 0 rings (SSSR count). The summed E-state index contributed by atoms with van der Waals surface area (Å²) in [5.74, 6) is 0.132. The number of carbonyl (C=O) groups is 1. The van der Waals surface area contributed by atoms with Crippen LogP contribution in [0.25, 0.3) is 0 Å². The summed E-state index contributed by atoms with van der Waals surface area (Å²) < 4.78 is 0. The Balaban J connectivity index is 4.08. The van der Waals surface area contributed by atoms with E-state index in [0.29, 0.717) is 0 Å². The van der Waals surface area contributed by atoms with Crippen molar-refractivity contribution in [1.29, 1.82) is 0 Å². The molecule has 0 aromatic carbocycles. The van der Waals surface area contributed by atoms with Crippen molar-refractivity contribution in [3.63, 3.8) is 0 Å². The minimum atomic E-state index is -0.289. The van der Waals surface area contributed by atoms with Crippen molar-refractivity contribution in [2.75, 3.05) is 13.1 Å². The molecule has 0 aliphatic rings. The Kier molecular flexibility index (Phi) is 8.38. The molecule has 0 spiro atoms. The maximum Gasteiger partial charge on any atom is 0.239 e. The normalized spacial score (nSPS) is 12.5. The average molecular weight is 214 g/mol. The van der Waals surface area contributed by atoms with Gasteiger partial charge in [-0.15, -0.1) is 0 Å². The number of nitrogens with zero attached hydrogens (tertiary/aromatic N) is 1. The second kappa shape index (κ2) is 8.72. The van der Waals surface area contributed by atoms with E-state index in [-0.39, 0.29) is 11.9 Å². The number of amides is 1. The molecule has 0 fully saturated rings.